The van der Waals surface area contributed by atoms with Gasteiger partial charge in [-0.15, -0.1) is 11.3 Å². The Morgan fingerprint density at radius 1 is 1.03 bits per heavy atom. The van der Waals surface area contributed by atoms with Gasteiger partial charge < -0.3 is 30.3 Å². The van der Waals surface area contributed by atoms with Crippen LogP contribution in [0.2, 0.25) is 0 Å². The van der Waals surface area contributed by atoms with Crippen LogP contribution in [-0.2, 0) is 9.53 Å². The highest BCUT2D eigenvalue weighted by atomic mass is 32.1. The SMILES string of the molecule is CC[C@H]1OC(O)[C@H](NC(=O)/C(C#N)=C(\C)c2ccc(-c3ccc4cc(N(CC)CC)ccc4c3)s2)[C@@H](O)[C@@H]1O. The summed E-state index contributed by atoms with van der Waals surface area (Å²) in [5, 5.41) is 45.5. The molecule has 0 saturated carbocycles. The number of fused-ring (bicyclic) bond motifs is 1. The Morgan fingerprint density at radius 3 is 2.38 bits per heavy atom. The molecule has 5 atom stereocenters. The third-order valence-corrected chi connectivity index (χ3v) is 8.60. The number of carbonyl (C=O) groups excluding carboxylic acids is 1. The number of benzene rings is 2. The van der Waals surface area contributed by atoms with Gasteiger partial charge in [0, 0.05) is 28.5 Å². The summed E-state index contributed by atoms with van der Waals surface area (Å²) in [6.45, 7) is 9.63. The molecule has 0 radical (unpaired) electrons. The number of nitriles is 1. The van der Waals surface area contributed by atoms with Crippen LogP contribution >= 0.6 is 11.3 Å². The second kappa shape index (κ2) is 12.3. The number of carbonyl (C=O) groups is 1. The van der Waals surface area contributed by atoms with Crippen molar-refractivity contribution in [3.8, 4) is 16.5 Å². The average Bonchev–Trinajstić information content (AvgIpc) is 3.44. The fourth-order valence-electron chi connectivity index (χ4n) is 4.96. The van der Waals surface area contributed by atoms with Gasteiger partial charge in [-0.05, 0) is 79.4 Å². The van der Waals surface area contributed by atoms with Gasteiger partial charge in [0.15, 0.2) is 6.29 Å². The molecule has 9 heteroatoms. The summed E-state index contributed by atoms with van der Waals surface area (Å²) < 4.78 is 5.33. The van der Waals surface area contributed by atoms with Gasteiger partial charge >= 0.3 is 0 Å². The molecular weight excluding hydrogens is 514 g/mol. The second-order valence-electron chi connectivity index (χ2n) is 9.65. The van der Waals surface area contributed by atoms with E-state index in [9.17, 15) is 25.4 Å². The summed E-state index contributed by atoms with van der Waals surface area (Å²) in [5.74, 6) is -0.756. The maximum atomic E-state index is 13.0. The predicted octanol–water partition coefficient (Wildman–Crippen LogP) is 4.05. The first-order valence-electron chi connectivity index (χ1n) is 13.2. The van der Waals surface area contributed by atoms with E-state index in [-0.39, 0.29) is 5.57 Å². The van der Waals surface area contributed by atoms with Crippen LogP contribution in [-0.4, -0.2) is 65.0 Å². The lowest BCUT2D eigenvalue weighted by molar-refractivity contribution is -0.247. The van der Waals surface area contributed by atoms with Crippen LogP contribution in [0, 0.1) is 11.3 Å². The smallest absolute Gasteiger partial charge is 0.262 e. The largest absolute Gasteiger partial charge is 0.388 e. The number of aliphatic hydroxyl groups excluding tert-OH is 3. The Labute approximate surface area is 232 Å². The normalized spacial score (nSPS) is 23.7. The number of ether oxygens (including phenoxy) is 1. The van der Waals surface area contributed by atoms with Crippen molar-refractivity contribution in [3.05, 3.63) is 59.0 Å². The Balaban J connectivity index is 1.55. The van der Waals surface area contributed by atoms with Crippen molar-refractivity contribution in [2.24, 2.45) is 0 Å². The number of hydrogen-bond acceptors (Lipinski definition) is 8. The van der Waals surface area contributed by atoms with Crippen LogP contribution in [0.3, 0.4) is 0 Å². The number of rotatable bonds is 8. The van der Waals surface area contributed by atoms with E-state index in [1.165, 1.54) is 17.0 Å². The van der Waals surface area contributed by atoms with Crippen molar-refractivity contribution in [3.63, 3.8) is 0 Å². The van der Waals surface area contributed by atoms with Gasteiger partial charge in [0.05, 0.1) is 6.10 Å². The van der Waals surface area contributed by atoms with Gasteiger partial charge in [-0.3, -0.25) is 4.79 Å². The lowest BCUT2D eigenvalue weighted by Gasteiger charge is -2.40. The molecule has 4 rings (SSSR count). The zero-order valence-electron chi connectivity index (χ0n) is 22.6. The first-order valence-corrected chi connectivity index (χ1v) is 14.0. The van der Waals surface area contributed by atoms with Crippen molar-refractivity contribution < 1.29 is 24.9 Å². The van der Waals surface area contributed by atoms with Crippen molar-refractivity contribution in [1.29, 1.82) is 5.26 Å². The maximum absolute atomic E-state index is 13.0. The van der Waals surface area contributed by atoms with Crippen molar-refractivity contribution in [1.82, 2.24) is 5.32 Å². The summed E-state index contributed by atoms with van der Waals surface area (Å²) >= 11 is 1.47. The molecular formula is C30H35N3O5S. The minimum atomic E-state index is -1.51. The zero-order valence-corrected chi connectivity index (χ0v) is 23.4. The number of amides is 1. The van der Waals surface area contributed by atoms with Crippen LogP contribution < -0.4 is 10.2 Å². The van der Waals surface area contributed by atoms with Crippen molar-refractivity contribution in [2.75, 3.05) is 18.0 Å². The minimum Gasteiger partial charge on any atom is -0.388 e. The fourth-order valence-corrected chi connectivity index (χ4v) is 5.97. The Morgan fingerprint density at radius 2 is 1.72 bits per heavy atom. The first kappa shape index (κ1) is 28.7. The molecule has 1 aliphatic rings. The molecule has 1 aromatic heterocycles. The average molecular weight is 550 g/mol. The molecule has 1 saturated heterocycles. The van der Waals surface area contributed by atoms with Gasteiger partial charge in [-0.2, -0.15) is 5.26 Å². The van der Waals surface area contributed by atoms with Crippen LogP contribution in [0.4, 0.5) is 5.69 Å². The monoisotopic (exact) mass is 549 g/mol. The summed E-state index contributed by atoms with van der Waals surface area (Å²) in [6.07, 6.45) is -4.59. The molecule has 39 heavy (non-hydrogen) atoms. The topological polar surface area (TPSA) is 126 Å². The molecule has 0 bridgehead atoms. The van der Waals surface area contributed by atoms with Crippen LogP contribution in [0.1, 0.15) is 39.0 Å². The summed E-state index contributed by atoms with van der Waals surface area (Å²) in [4.78, 5) is 17.1. The number of nitrogens with one attached hydrogen (secondary N) is 1. The lowest BCUT2D eigenvalue weighted by atomic mass is 9.95. The van der Waals surface area contributed by atoms with E-state index in [4.69, 9.17) is 4.74 Å². The van der Waals surface area contributed by atoms with Gasteiger partial charge in [0.1, 0.15) is 29.9 Å². The summed E-state index contributed by atoms with van der Waals surface area (Å²) in [7, 11) is 0. The van der Waals surface area contributed by atoms with E-state index in [1.54, 1.807) is 13.8 Å². The zero-order chi connectivity index (χ0) is 28.3. The van der Waals surface area contributed by atoms with E-state index in [0.29, 0.717) is 12.0 Å². The molecule has 2 heterocycles. The minimum absolute atomic E-state index is 0.141. The van der Waals surface area contributed by atoms with Crippen LogP contribution in [0.5, 0.6) is 0 Å². The number of anilines is 1. The molecule has 1 aliphatic heterocycles. The summed E-state index contributed by atoms with van der Waals surface area (Å²) in [6, 6.07) is 17.3. The Bertz CT molecular complexity index is 1410. The Hall–Kier alpha value is -3.26. The number of hydrogen-bond donors (Lipinski definition) is 4. The molecule has 3 aromatic rings. The molecule has 206 valence electrons. The highest BCUT2D eigenvalue weighted by Crippen LogP contribution is 2.35. The lowest BCUT2D eigenvalue weighted by Crippen LogP contribution is -2.63. The van der Waals surface area contributed by atoms with E-state index in [1.807, 2.05) is 18.2 Å². The Kier molecular flexibility index (Phi) is 9.05. The van der Waals surface area contributed by atoms with Crippen LogP contribution in [0.25, 0.3) is 26.8 Å². The van der Waals surface area contributed by atoms with Crippen LogP contribution in [0.15, 0.2) is 54.1 Å². The molecule has 2 aromatic carbocycles. The van der Waals surface area contributed by atoms with Crippen molar-refractivity contribution >= 4 is 39.3 Å². The predicted molar refractivity (Wildman–Crippen MR) is 154 cm³/mol. The number of aliphatic hydroxyl groups is 3. The fraction of sp³-hybridized carbons (Fsp3) is 0.400. The molecule has 0 spiro atoms. The molecule has 1 fully saturated rings. The van der Waals surface area contributed by atoms with Crippen molar-refractivity contribution in [2.45, 2.75) is 64.8 Å². The second-order valence-corrected chi connectivity index (χ2v) is 10.7. The molecule has 0 aliphatic carbocycles. The van der Waals surface area contributed by atoms with E-state index in [2.05, 4.69) is 60.5 Å². The maximum Gasteiger partial charge on any atom is 0.262 e. The van der Waals surface area contributed by atoms with Gasteiger partial charge in [-0.25, -0.2) is 0 Å². The van der Waals surface area contributed by atoms with Gasteiger partial charge in [-0.1, -0.05) is 25.1 Å². The molecule has 8 nitrogen and oxygen atoms in total. The molecule has 4 N–H and O–H groups in total. The quantitative estimate of drug-likeness (QED) is 0.247. The van der Waals surface area contributed by atoms with Gasteiger partial charge in [0.2, 0.25) is 0 Å². The van der Waals surface area contributed by atoms with E-state index in [0.717, 1.165) is 39.2 Å². The van der Waals surface area contributed by atoms with E-state index >= 15 is 0 Å². The summed E-state index contributed by atoms with van der Waals surface area (Å²) in [5.41, 5.74) is 2.57. The number of nitrogens with zero attached hydrogens (tertiary/aromatic N) is 2. The third kappa shape index (κ3) is 5.86. The molecule has 1 unspecified atom stereocenters. The molecule has 1 amide bonds. The highest BCUT2D eigenvalue weighted by molar-refractivity contribution is 7.16. The number of thiophene rings is 1. The van der Waals surface area contributed by atoms with Gasteiger partial charge in [0.25, 0.3) is 5.91 Å². The number of allylic oxidation sites excluding steroid dienone is 1. The highest BCUT2D eigenvalue weighted by Gasteiger charge is 2.44. The standard InChI is InChI=1S/C30H35N3O5S/c1-5-23-27(34)28(35)26(30(37)38-23)32-29(36)22(16-31)17(4)24-12-13-25(39-24)20-9-8-19-15-21(33(6-2)7-3)11-10-18(19)14-20/h8-15,23,26-28,30,34-35,37H,5-7H2,1-4H3,(H,32,36)/b22-17+/t23-,26-,27-,28-,30?/m1/s1. The first-order chi connectivity index (χ1) is 18.7. The van der Waals surface area contributed by atoms with E-state index < -0.39 is 36.6 Å². The third-order valence-electron chi connectivity index (χ3n) is 7.35.